The average molecular weight is 339 g/mol. The van der Waals surface area contributed by atoms with Gasteiger partial charge in [-0.1, -0.05) is 19.8 Å². The predicted molar refractivity (Wildman–Crippen MR) is 87.7 cm³/mol. The van der Waals surface area contributed by atoms with Crippen molar-refractivity contribution in [2.45, 2.75) is 64.3 Å². The number of carbonyl (C=O) groups is 1. The van der Waals surface area contributed by atoms with Crippen LogP contribution in [-0.2, 0) is 9.53 Å². The minimum Gasteiger partial charge on any atom is -0.394 e. The number of aromatic amines is 1. The lowest BCUT2D eigenvalue weighted by Gasteiger charge is -2.17. The van der Waals surface area contributed by atoms with Gasteiger partial charge in [-0.05, 0) is 13.3 Å². The van der Waals surface area contributed by atoms with Gasteiger partial charge >= 0.3 is 5.69 Å². The van der Waals surface area contributed by atoms with Crippen LogP contribution in [-0.4, -0.2) is 39.3 Å². The minimum atomic E-state index is -0.633. The quantitative estimate of drug-likeness (QED) is 0.614. The van der Waals surface area contributed by atoms with E-state index >= 15 is 0 Å². The molecule has 2 heterocycles. The summed E-state index contributed by atoms with van der Waals surface area (Å²) in [6.45, 7) is 3.41. The molecule has 1 aliphatic heterocycles. The summed E-state index contributed by atoms with van der Waals surface area (Å²) in [5.41, 5.74) is -0.609. The van der Waals surface area contributed by atoms with Crippen molar-refractivity contribution < 1.29 is 14.6 Å². The molecular weight excluding hydrogens is 314 g/mol. The number of hydrogen-bond donors (Lipinski definition) is 3. The van der Waals surface area contributed by atoms with Crippen LogP contribution in [0.2, 0.25) is 0 Å². The van der Waals surface area contributed by atoms with Gasteiger partial charge in [0, 0.05) is 24.6 Å². The van der Waals surface area contributed by atoms with E-state index in [0.717, 1.165) is 19.3 Å². The van der Waals surface area contributed by atoms with Crippen LogP contribution >= 0.6 is 0 Å². The number of hydrogen-bond acceptors (Lipinski definition) is 5. The van der Waals surface area contributed by atoms with Gasteiger partial charge in [-0.2, -0.15) is 0 Å². The summed E-state index contributed by atoms with van der Waals surface area (Å²) in [6, 6.07) is -0.367. The molecule has 0 saturated carbocycles. The van der Waals surface area contributed by atoms with Crippen LogP contribution in [0, 0.1) is 6.92 Å². The molecule has 3 N–H and O–H groups in total. The zero-order valence-corrected chi connectivity index (χ0v) is 14.1. The lowest BCUT2D eigenvalue weighted by atomic mass is 10.1. The summed E-state index contributed by atoms with van der Waals surface area (Å²) in [5, 5.41) is 12.3. The SMILES string of the molecule is CCCCCC(=O)N[C@H]1C[C@H](n2cc(C)c(=O)[nH]c2=O)O[C@@H]1CO. The molecule has 1 aromatic heterocycles. The molecule has 1 fully saturated rings. The molecule has 0 unspecified atom stereocenters. The van der Waals surface area contributed by atoms with Crippen LogP contribution in [0.15, 0.2) is 15.8 Å². The van der Waals surface area contributed by atoms with Gasteiger partial charge in [-0.3, -0.25) is 19.1 Å². The van der Waals surface area contributed by atoms with Gasteiger partial charge in [0.2, 0.25) is 5.91 Å². The Balaban J connectivity index is 2.06. The Bertz CT molecular complexity index is 681. The Morgan fingerprint density at radius 1 is 1.46 bits per heavy atom. The molecule has 2 rings (SSSR count). The molecule has 3 atom stereocenters. The lowest BCUT2D eigenvalue weighted by Crippen LogP contribution is -2.41. The number of nitrogens with one attached hydrogen (secondary N) is 2. The Labute approximate surface area is 139 Å². The molecule has 134 valence electrons. The number of carbonyl (C=O) groups excluding carboxylic acids is 1. The lowest BCUT2D eigenvalue weighted by molar-refractivity contribution is -0.122. The van der Waals surface area contributed by atoms with E-state index < -0.39 is 23.6 Å². The number of amides is 1. The normalized spacial score (nSPS) is 23.4. The van der Waals surface area contributed by atoms with Crippen molar-refractivity contribution in [3.63, 3.8) is 0 Å². The third-order valence-corrected chi connectivity index (χ3v) is 4.23. The topological polar surface area (TPSA) is 113 Å². The molecule has 8 heteroatoms. The number of ether oxygens (including phenoxy) is 1. The van der Waals surface area contributed by atoms with Crippen molar-refractivity contribution in [2.24, 2.45) is 0 Å². The number of H-pyrrole nitrogens is 1. The highest BCUT2D eigenvalue weighted by Crippen LogP contribution is 2.27. The van der Waals surface area contributed by atoms with Crippen molar-refractivity contribution in [3.05, 3.63) is 32.6 Å². The Morgan fingerprint density at radius 2 is 2.21 bits per heavy atom. The van der Waals surface area contributed by atoms with Gasteiger partial charge in [0.25, 0.3) is 5.56 Å². The molecule has 1 aromatic rings. The predicted octanol–water partition coefficient (Wildman–Crippen LogP) is 0.190. The first-order valence-corrected chi connectivity index (χ1v) is 8.34. The van der Waals surface area contributed by atoms with Crippen molar-refractivity contribution >= 4 is 5.91 Å². The third-order valence-electron chi connectivity index (χ3n) is 4.23. The summed E-state index contributed by atoms with van der Waals surface area (Å²) in [5.74, 6) is -0.0823. The fourth-order valence-electron chi connectivity index (χ4n) is 2.84. The maximum atomic E-state index is 12.0. The molecular formula is C16H25N3O5. The van der Waals surface area contributed by atoms with Crippen LogP contribution in [0.25, 0.3) is 0 Å². The largest absolute Gasteiger partial charge is 0.394 e. The summed E-state index contributed by atoms with van der Waals surface area (Å²) in [4.78, 5) is 37.6. The van der Waals surface area contributed by atoms with Crippen molar-refractivity contribution in [1.82, 2.24) is 14.9 Å². The van der Waals surface area contributed by atoms with Gasteiger partial charge in [0.05, 0.1) is 12.6 Å². The summed E-state index contributed by atoms with van der Waals surface area (Å²) >= 11 is 0. The van der Waals surface area contributed by atoms with Crippen molar-refractivity contribution in [1.29, 1.82) is 0 Å². The highest BCUT2D eigenvalue weighted by Gasteiger charge is 2.37. The monoisotopic (exact) mass is 339 g/mol. The van der Waals surface area contributed by atoms with E-state index in [1.807, 2.05) is 0 Å². The molecule has 24 heavy (non-hydrogen) atoms. The number of rotatable bonds is 7. The van der Waals surface area contributed by atoms with Gasteiger partial charge in [0.15, 0.2) is 0 Å². The maximum absolute atomic E-state index is 12.0. The summed E-state index contributed by atoms with van der Waals surface area (Å²) < 4.78 is 6.98. The zero-order chi connectivity index (χ0) is 17.7. The van der Waals surface area contributed by atoms with Gasteiger partial charge in [0.1, 0.15) is 12.3 Å². The van der Waals surface area contributed by atoms with Crippen LogP contribution in [0.1, 0.15) is 50.8 Å². The number of aryl methyl sites for hydroxylation is 1. The minimum absolute atomic E-state index is 0.0823. The number of aliphatic hydroxyl groups is 1. The molecule has 0 radical (unpaired) electrons. The molecule has 0 bridgehead atoms. The number of aromatic nitrogens is 2. The van der Waals surface area contributed by atoms with Crippen molar-refractivity contribution in [3.8, 4) is 0 Å². The second kappa shape index (κ2) is 8.25. The number of unbranched alkanes of at least 4 members (excludes halogenated alkanes) is 2. The van der Waals surface area contributed by atoms with E-state index in [9.17, 15) is 19.5 Å². The second-order valence-corrected chi connectivity index (χ2v) is 6.16. The molecule has 1 saturated heterocycles. The maximum Gasteiger partial charge on any atom is 0.330 e. The van der Waals surface area contributed by atoms with E-state index in [4.69, 9.17) is 4.74 Å². The summed E-state index contributed by atoms with van der Waals surface area (Å²) in [7, 11) is 0. The van der Waals surface area contributed by atoms with Crippen LogP contribution in [0.3, 0.4) is 0 Å². The van der Waals surface area contributed by atoms with E-state index in [-0.39, 0.29) is 18.6 Å². The molecule has 1 amide bonds. The fourth-order valence-corrected chi connectivity index (χ4v) is 2.84. The standard InChI is InChI=1S/C16H25N3O5/c1-3-4-5-6-13(21)17-11-7-14(24-12(11)9-20)19-8-10(2)15(22)18-16(19)23/h8,11-12,14,20H,3-7,9H2,1-2H3,(H,17,21)(H,18,22,23)/t11-,12+,14+/m0/s1. The molecule has 0 aliphatic carbocycles. The second-order valence-electron chi connectivity index (χ2n) is 6.16. The highest BCUT2D eigenvalue weighted by molar-refractivity contribution is 5.76. The van der Waals surface area contributed by atoms with E-state index in [1.165, 1.54) is 10.8 Å². The number of aliphatic hydroxyl groups excluding tert-OH is 1. The number of nitrogens with zero attached hydrogens (tertiary/aromatic N) is 1. The fraction of sp³-hybridized carbons (Fsp3) is 0.688. The Hall–Kier alpha value is -1.93. The first-order valence-electron chi connectivity index (χ1n) is 8.34. The van der Waals surface area contributed by atoms with Crippen LogP contribution < -0.4 is 16.6 Å². The molecule has 0 aromatic carbocycles. The molecule has 0 spiro atoms. The first-order chi connectivity index (χ1) is 11.5. The van der Waals surface area contributed by atoms with Crippen LogP contribution in [0.4, 0.5) is 0 Å². The van der Waals surface area contributed by atoms with Gasteiger partial charge in [-0.25, -0.2) is 4.79 Å². The Kier molecular flexibility index (Phi) is 6.33. The van der Waals surface area contributed by atoms with Crippen molar-refractivity contribution in [2.75, 3.05) is 6.61 Å². The van der Waals surface area contributed by atoms with E-state index in [1.54, 1.807) is 6.92 Å². The highest BCUT2D eigenvalue weighted by atomic mass is 16.5. The average Bonchev–Trinajstić information content (AvgIpc) is 2.93. The van der Waals surface area contributed by atoms with Crippen LogP contribution in [0.5, 0.6) is 0 Å². The van der Waals surface area contributed by atoms with Gasteiger partial charge < -0.3 is 15.2 Å². The van der Waals surface area contributed by atoms with E-state index in [0.29, 0.717) is 18.4 Å². The first kappa shape index (κ1) is 18.4. The van der Waals surface area contributed by atoms with E-state index in [2.05, 4.69) is 17.2 Å². The molecule has 1 aliphatic rings. The van der Waals surface area contributed by atoms with Gasteiger partial charge in [-0.15, -0.1) is 0 Å². The zero-order valence-electron chi connectivity index (χ0n) is 14.1. The smallest absolute Gasteiger partial charge is 0.330 e. The third kappa shape index (κ3) is 4.33. The summed E-state index contributed by atoms with van der Waals surface area (Å²) in [6.07, 6.45) is 3.87. The Morgan fingerprint density at radius 3 is 2.88 bits per heavy atom. The molecule has 8 nitrogen and oxygen atoms in total.